The van der Waals surface area contributed by atoms with Crippen molar-refractivity contribution in [2.45, 2.75) is 38.8 Å². The van der Waals surface area contributed by atoms with E-state index in [1.807, 2.05) is 49.2 Å². The molecule has 3 atom stereocenters. The highest BCUT2D eigenvalue weighted by atomic mass is 16.2. The van der Waals surface area contributed by atoms with Gasteiger partial charge in [-0.05, 0) is 25.8 Å². The summed E-state index contributed by atoms with van der Waals surface area (Å²) in [5.74, 6) is -0.149. The van der Waals surface area contributed by atoms with Gasteiger partial charge in [0.05, 0.1) is 0 Å². The molecule has 3 unspecified atom stereocenters. The van der Waals surface area contributed by atoms with E-state index >= 15 is 0 Å². The number of amides is 3. The number of carbonyl (C=O) groups is 2. The number of fused-ring (bicyclic) bond motifs is 3. The number of allylic oxidation sites excluding steroid dienone is 1. The van der Waals surface area contributed by atoms with Crippen molar-refractivity contribution < 1.29 is 9.59 Å². The monoisotopic (exact) mass is 396 g/mol. The van der Waals surface area contributed by atoms with Crippen LogP contribution in [0.2, 0.25) is 0 Å². The number of carbonyl (C=O) groups excluding carboxylic acids is 2. The second-order valence-electron chi connectivity index (χ2n) is 7.75. The van der Waals surface area contributed by atoms with Crippen molar-refractivity contribution in [1.82, 2.24) is 25.0 Å². The van der Waals surface area contributed by atoms with Crippen molar-refractivity contribution >= 4 is 17.6 Å². The summed E-state index contributed by atoms with van der Waals surface area (Å²) >= 11 is 0. The fraction of sp³-hybridized carbons (Fsp3) is 0.476. The second kappa shape index (κ2) is 7.96. The number of nitrogens with zero attached hydrogens (tertiary/aromatic N) is 5. The average Bonchev–Trinajstić information content (AvgIpc) is 3.11. The maximum atomic E-state index is 13.2. The van der Waals surface area contributed by atoms with Gasteiger partial charge in [-0.3, -0.25) is 20.0 Å². The molecule has 3 heterocycles. The van der Waals surface area contributed by atoms with E-state index in [1.165, 1.54) is 10.5 Å². The first kappa shape index (κ1) is 19.6. The van der Waals surface area contributed by atoms with E-state index in [0.29, 0.717) is 13.1 Å². The Kier molecular flexibility index (Phi) is 5.38. The molecule has 0 bridgehead atoms. The van der Waals surface area contributed by atoms with Crippen LogP contribution in [0.25, 0.3) is 0 Å². The smallest absolute Gasteiger partial charge is 0.310 e. The van der Waals surface area contributed by atoms with Gasteiger partial charge in [0.2, 0.25) is 0 Å². The van der Waals surface area contributed by atoms with Crippen molar-refractivity contribution in [3.05, 3.63) is 48.0 Å². The molecule has 0 spiro atoms. The van der Waals surface area contributed by atoms with Crippen molar-refractivity contribution in [1.29, 1.82) is 0 Å². The Balaban J connectivity index is 1.56. The van der Waals surface area contributed by atoms with Crippen LogP contribution < -0.4 is 5.32 Å². The molecule has 1 N–H and O–H groups in total. The summed E-state index contributed by atoms with van der Waals surface area (Å²) in [4.78, 5) is 31.1. The van der Waals surface area contributed by atoms with Gasteiger partial charge < -0.3 is 4.90 Å². The van der Waals surface area contributed by atoms with Crippen LogP contribution in [0, 0.1) is 0 Å². The summed E-state index contributed by atoms with van der Waals surface area (Å²) in [5, 5.41) is 10.2. The third kappa shape index (κ3) is 3.54. The van der Waals surface area contributed by atoms with E-state index in [2.05, 4.69) is 22.3 Å². The fourth-order valence-electron chi connectivity index (χ4n) is 4.29. The van der Waals surface area contributed by atoms with E-state index in [-0.39, 0.29) is 24.4 Å². The van der Waals surface area contributed by atoms with E-state index in [0.717, 1.165) is 18.7 Å². The number of hydrogen-bond donors (Lipinski definition) is 1. The third-order valence-corrected chi connectivity index (χ3v) is 5.75. The van der Waals surface area contributed by atoms with Crippen molar-refractivity contribution in [3.63, 3.8) is 0 Å². The van der Waals surface area contributed by atoms with Gasteiger partial charge in [-0.2, -0.15) is 5.10 Å². The standard InChI is InChI=1S/C21H28N6O2/c1-4-5-12-25-19(28)17-18(24(3)21(25)29)22-20-26(17)14-15(2)23-27(20)13-11-16-9-7-6-8-10-16/h4-10,17-18,20,22H,11-14H2,1-3H3/b5-4+. The average molecular weight is 396 g/mol. The molecule has 0 saturated carbocycles. The zero-order valence-electron chi connectivity index (χ0n) is 17.2. The summed E-state index contributed by atoms with van der Waals surface area (Å²) in [6.07, 6.45) is 3.97. The molecule has 0 radical (unpaired) electrons. The lowest BCUT2D eigenvalue weighted by atomic mass is 10.1. The van der Waals surface area contributed by atoms with Crippen LogP contribution in [-0.2, 0) is 11.2 Å². The minimum absolute atomic E-state index is 0.149. The minimum Gasteiger partial charge on any atom is -0.310 e. The van der Waals surface area contributed by atoms with Gasteiger partial charge in [-0.1, -0.05) is 42.5 Å². The summed E-state index contributed by atoms with van der Waals surface area (Å²) in [6.45, 7) is 5.49. The van der Waals surface area contributed by atoms with Gasteiger partial charge in [0, 0.05) is 32.4 Å². The maximum Gasteiger partial charge on any atom is 0.328 e. The molecular formula is C21H28N6O2. The van der Waals surface area contributed by atoms with Crippen LogP contribution in [0.4, 0.5) is 4.79 Å². The van der Waals surface area contributed by atoms with Gasteiger partial charge in [0.25, 0.3) is 5.91 Å². The summed E-state index contributed by atoms with van der Waals surface area (Å²) in [6, 6.07) is 9.61. The lowest BCUT2D eigenvalue weighted by Crippen LogP contribution is -2.66. The lowest BCUT2D eigenvalue weighted by Gasteiger charge is -2.42. The number of imide groups is 1. The Morgan fingerprint density at radius 1 is 1.24 bits per heavy atom. The zero-order valence-corrected chi connectivity index (χ0v) is 17.2. The molecule has 4 rings (SSSR count). The largest absolute Gasteiger partial charge is 0.328 e. The highest BCUT2D eigenvalue weighted by molar-refractivity contribution is 6.01. The zero-order chi connectivity index (χ0) is 20.5. The summed E-state index contributed by atoms with van der Waals surface area (Å²) in [5.41, 5.74) is 2.21. The molecular weight excluding hydrogens is 368 g/mol. The Morgan fingerprint density at radius 3 is 2.72 bits per heavy atom. The normalized spacial score (nSPS) is 27.5. The fourth-order valence-corrected chi connectivity index (χ4v) is 4.29. The molecule has 3 aliphatic heterocycles. The van der Waals surface area contributed by atoms with Crippen molar-refractivity contribution in [2.75, 3.05) is 26.7 Å². The topological polar surface area (TPSA) is 71.5 Å². The molecule has 1 aromatic rings. The van der Waals surface area contributed by atoms with Crippen LogP contribution in [-0.4, -0.2) is 82.5 Å². The van der Waals surface area contributed by atoms with Gasteiger partial charge in [0.1, 0.15) is 12.2 Å². The highest BCUT2D eigenvalue weighted by Gasteiger charge is 2.56. The van der Waals surface area contributed by atoms with Crippen molar-refractivity contribution in [2.24, 2.45) is 5.10 Å². The number of rotatable bonds is 5. The molecule has 3 amide bonds. The van der Waals surface area contributed by atoms with Crippen LogP contribution in [0.5, 0.6) is 0 Å². The molecule has 2 saturated heterocycles. The number of hydrogen-bond acceptors (Lipinski definition) is 6. The quantitative estimate of drug-likeness (QED) is 0.759. The Morgan fingerprint density at radius 2 is 2.00 bits per heavy atom. The van der Waals surface area contributed by atoms with E-state index < -0.39 is 6.04 Å². The Hall–Kier alpha value is -2.71. The van der Waals surface area contributed by atoms with Gasteiger partial charge in [-0.15, -0.1) is 0 Å². The van der Waals surface area contributed by atoms with Crippen LogP contribution in [0.1, 0.15) is 19.4 Å². The first-order chi connectivity index (χ1) is 14.0. The van der Waals surface area contributed by atoms with Crippen molar-refractivity contribution in [3.8, 4) is 0 Å². The molecule has 154 valence electrons. The number of urea groups is 1. The molecule has 2 fully saturated rings. The lowest BCUT2D eigenvalue weighted by molar-refractivity contribution is -0.138. The maximum absolute atomic E-state index is 13.2. The Labute approximate surface area is 171 Å². The van der Waals surface area contributed by atoms with Gasteiger partial charge >= 0.3 is 6.03 Å². The van der Waals surface area contributed by atoms with E-state index in [4.69, 9.17) is 5.10 Å². The minimum atomic E-state index is -0.419. The summed E-state index contributed by atoms with van der Waals surface area (Å²) in [7, 11) is 1.75. The SMILES string of the molecule is C/C=C/CN1C(=O)C2C(NC3N(CCc4ccccc4)N=C(C)CN23)N(C)C1=O. The Bertz CT molecular complexity index is 839. The van der Waals surface area contributed by atoms with Crippen LogP contribution in [0.3, 0.4) is 0 Å². The second-order valence-corrected chi connectivity index (χ2v) is 7.75. The predicted octanol–water partition coefficient (Wildman–Crippen LogP) is 1.27. The summed E-state index contributed by atoms with van der Waals surface area (Å²) < 4.78 is 0. The number of hydrazone groups is 1. The number of benzene rings is 1. The first-order valence-corrected chi connectivity index (χ1v) is 10.1. The first-order valence-electron chi connectivity index (χ1n) is 10.1. The van der Waals surface area contributed by atoms with Crippen LogP contribution >= 0.6 is 0 Å². The van der Waals surface area contributed by atoms with Gasteiger partial charge in [-0.25, -0.2) is 9.69 Å². The molecule has 3 aliphatic rings. The van der Waals surface area contributed by atoms with E-state index in [1.54, 1.807) is 11.9 Å². The molecule has 8 heteroatoms. The number of likely N-dealkylation sites (N-methyl/N-ethyl adjacent to an activating group) is 1. The molecule has 29 heavy (non-hydrogen) atoms. The molecule has 0 aliphatic carbocycles. The van der Waals surface area contributed by atoms with Gasteiger partial charge in [0.15, 0.2) is 6.29 Å². The molecule has 1 aromatic carbocycles. The molecule has 0 aromatic heterocycles. The van der Waals surface area contributed by atoms with E-state index in [9.17, 15) is 9.59 Å². The van der Waals surface area contributed by atoms with Crippen LogP contribution in [0.15, 0.2) is 47.6 Å². The molecule has 8 nitrogen and oxygen atoms in total. The predicted molar refractivity (Wildman–Crippen MR) is 111 cm³/mol. The highest BCUT2D eigenvalue weighted by Crippen LogP contribution is 2.30. The number of nitrogens with one attached hydrogen (secondary N) is 1. The third-order valence-electron chi connectivity index (χ3n) is 5.75.